The number of fused-ring (bicyclic) bond motifs is 2. The van der Waals surface area contributed by atoms with Crippen molar-refractivity contribution in [1.29, 1.82) is 0 Å². The third kappa shape index (κ3) is 5.84. The van der Waals surface area contributed by atoms with Crippen molar-refractivity contribution in [1.82, 2.24) is 0 Å². The Morgan fingerprint density at radius 2 is 1.12 bits per heavy atom. The highest BCUT2D eigenvalue weighted by Crippen LogP contribution is 2.42. The quantitative estimate of drug-likeness (QED) is 0.587. The Hall–Kier alpha value is -2.95. The molecule has 0 spiro atoms. The average Bonchev–Trinajstić information content (AvgIpc) is 2.82. The summed E-state index contributed by atoms with van der Waals surface area (Å²) in [5.41, 5.74) is 0. The van der Waals surface area contributed by atoms with Crippen LogP contribution in [0, 0.1) is 5.92 Å². The van der Waals surface area contributed by atoms with Crippen molar-refractivity contribution >= 4 is 12.7 Å². The Morgan fingerprint density at radius 1 is 0.688 bits per heavy atom. The molecule has 0 amide bonds. The van der Waals surface area contributed by atoms with Crippen molar-refractivity contribution in [2.45, 2.75) is 6.42 Å². The Balaban J connectivity index is 1.57. The van der Waals surface area contributed by atoms with E-state index in [1.54, 1.807) is 24.3 Å². The first-order chi connectivity index (χ1) is 15.6. The molecule has 0 saturated heterocycles. The van der Waals surface area contributed by atoms with Gasteiger partial charge in [-0.2, -0.15) is 0 Å². The lowest BCUT2D eigenvalue weighted by molar-refractivity contribution is 0.168. The molecule has 0 fully saturated rings. The van der Waals surface area contributed by atoms with Gasteiger partial charge < -0.3 is 23.8 Å². The molecule has 1 atom stereocenters. The summed E-state index contributed by atoms with van der Waals surface area (Å²) in [5.74, 6) is 2.14. The van der Waals surface area contributed by atoms with Crippen LogP contribution < -0.4 is 24.3 Å². The van der Waals surface area contributed by atoms with Crippen LogP contribution in [0.5, 0.6) is 23.0 Å². The molecule has 0 saturated carbocycles. The molecule has 3 aromatic carbocycles. The molecule has 0 aromatic heterocycles. The highest BCUT2D eigenvalue weighted by atomic mass is 31.2. The third-order valence-electron chi connectivity index (χ3n) is 5.12. The number of hydrogen-bond acceptors (Lipinski definition) is 5. The van der Waals surface area contributed by atoms with Crippen LogP contribution in [0.2, 0.25) is 0 Å². The van der Waals surface area contributed by atoms with Gasteiger partial charge >= 0.3 is 0 Å². The molecule has 0 aliphatic carbocycles. The van der Waals surface area contributed by atoms with Crippen LogP contribution in [0.3, 0.4) is 0 Å². The molecule has 168 valence electrons. The van der Waals surface area contributed by atoms with Crippen molar-refractivity contribution < 1.29 is 28.4 Å². The van der Waals surface area contributed by atoms with Crippen molar-refractivity contribution in [3.63, 3.8) is 0 Å². The fraction of sp³-hybridized carbons (Fsp3) is 0.280. The Bertz CT molecular complexity index is 1000. The minimum Gasteiger partial charge on any atom is -0.490 e. The molecule has 4 rings (SSSR count). The van der Waals surface area contributed by atoms with Crippen LogP contribution in [0.15, 0.2) is 78.9 Å². The topological polar surface area (TPSA) is 74.2 Å². The van der Waals surface area contributed by atoms with Crippen molar-refractivity contribution in [2.75, 3.05) is 32.6 Å². The van der Waals surface area contributed by atoms with Crippen LogP contribution in [0.25, 0.3) is 0 Å². The summed E-state index contributed by atoms with van der Waals surface area (Å²) in [7, 11) is -3.60. The van der Waals surface area contributed by atoms with Gasteiger partial charge in [0, 0.05) is 23.8 Å². The summed E-state index contributed by atoms with van der Waals surface area (Å²) >= 11 is 0. The van der Waals surface area contributed by atoms with E-state index in [0.717, 1.165) is 0 Å². The predicted octanol–water partition coefficient (Wildman–Crippen LogP) is 4.52. The maximum Gasteiger partial charge on any atom is 0.230 e. The van der Waals surface area contributed by atoms with E-state index in [-0.39, 0.29) is 25.3 Å². The van der Waals surface area contributed by atoms with Crippen LogP contribution in [-0.2, 0) is 4.57 Å². The molecular weight excluding hydrogens is 427 g/mol. The molecular formula is C25H27O6P. The predicted molar refractivity (Wildman–Crippen MR) is 124 cm³/mol. The first kappa shape index (κ1) is 22.3. The second-order valence-electron chi connectivity index (χ2n) is 7.65. The molecule has 3 aromatic rings. The van der Waals surface area contributed by atoms with Crippen LogP contribution >= 0.6 is 7.37 Å². The summed E-state index contributed by atoms with van der Waals surface area (Å²) in [5, 5.41) is 0.423. The van der Waals surface area contributed by atoms with Gasteiger partial charge in [0.1, 0.15) is 0 Å². The van der Waals surface area contributed by atoms with E-state index in [4.69, 9.17) is 18.9 Å². The van der Waals surface area contributed by atoms with Gasteiger partial charge in [-0.1, -0.05) is 42.5 Å². The zero-order valence-electron chi connectivity index (χ0n) is 17.8. The smallest absolute Gasteiger partial charge is 0.230 e. The van der Waals surface area contributed by atoms with E-state index in [1.807, 2.05) is 54.6 Å². The van der Waals surface area contributed by atoms with Crippen molar-refractivity contribution in [3.8, 4) is 23.0 Å². The maximum atomic E-state index is 13.1. The van der Waals surface area contributed by atoms with Gasteiger partial charge in [-0.25, -0.2) is 0 Å². The number of ether oxygens (including phenoxy) is 4. The van der Waals surface area contributed by atoms with Gasteiger partial charge in [-0.3, -0.25) is 4.57 Å². The lowest BCUT2D eigenvalue weighted by Gasteiger charge is -2.23. The minimum absolute atomic E-state index is 0.0308. The van der Waals surface area contributed by atoms with E-state index in [1.165, 1.54) is 0 Å². The van der Waals surface area contributed by atoms with Crippen LogP contribution in [0.4, 0.5) is 0 Å². The average molecular weight is 454 g/mol. The number of para-hydroxylation sites is 4. The zero-order valence-corrected chi connectivity index (χ0v) is 18.7. The van der Waals surface area contributed by atoms with Gasteiger partial charge in [0.05, 0.1) is 26.4 Å². The summed E-state index contributed by atoms with van der Waals surface area (Å²) in [4.78, 5) is 10.8. The van der Waals surface area contributed by atoms with Gasteiger partial charge in [-0.15, -0.1) is 0 Å². The second kappa shape index (κ2) is 10.6. The molecule has 32 heavy (non-hydrogen) atoms. The molecule has 1 N–H and O–H groups in total. The fourth-order valence-corrected chi connectivity index (χ4v) is 5.25. The van der Waals surface area contributed by atoms with Gasteiger partial charge in [0.15, 0.2) is 23.0 Å². The first-order valence-corrected chi connectivity index (χ1v) is 12.5. The molecule has 1 unspecified atom stereocenters. The Labute approximate surface area is 188 Å². The second-order valence-corrected chi connectivity index (χ2v) is 9.94. The third-order valence-corrected chi connectivity index (χ3v) is 7.23. The number of rotatable bonds is 3. The lowest BCUT2D eigenvalue weighted by Crippen LogP contribution is -2.26. The number of benzene rings is 3. The summed E-state index contributed by atoms with van der Waals surface area (Å²) in [6.07, 6.45) is 0.735. The monoisotopic (exact) mass is 454 g/mol. The summed E-state index contributed by atoms with van der Waals surface area (Å²) in [6.45, 7) is 1.38. The first-order valence-electron chi connectivity index (χ1n) is 10.7. The molecule has 0 bridgehead atoms. The van der Waals surface area contributed by atoms with E-state index in [2.05, 4.69) is 0 Å². The normalized spacial score (nSPS) is 17.0. The summed E-state index contributed by atoms with van der Waals surface area (Å²) in [6, 6.07) is 23.6. The highest BCUT2D eigenvalue weighted by Gasteiger charge is 2.28. The zero-order chi connectivity index (χ0) is 22.2. The molecule has 6 nitrogen and oxygen atoms in total. The van der Waals surface area contributed by atoms with Crippen molar-refractivity contribution in [2.24, 2.45) is 5.92 Å². The van der Waals surface area contributed by atoms with E-state index >= 15 is 0 Å². The summed E-state index contributed by atoms with van der Waals surface area (Å²) < 4.78 is 37.0. The largest absolute Gasteiger partial charge is 0.490 e. The maximum absolute atomic E-state index is 13.1. The molecule has 1 aliphatic heterocycles. The molecule has 1 aliphatic rings. The fourth-order valence-electron chi connectivity index (χ4n) is 3.49. The molecule has 0 radical (unpaired) electrons. The molecule has 7 heteroatoms. The highest BCUT2D eigenvalue weighted by molar-refractivity contribution is 7.66. The van der Waals surface area contributed by atoms with Gasteiger partial charge in [-0.05, 0) is 36.4 Å². The standard InChI is InChI=1S/C25H27O6P/c26-32(27,21-9-2-1-3-10-21)19-20-17-30-24-13-6-4-11-22(24)28-15-8-16-29-23-12-5-7-14-25(23)31-18-20/h1-7,9-14,20H,8,15-19H2,(H,26,27). The van der Waals surface area contributed by atoms with E-state index in [9.17, 15) is 9.46 Å². The SMILES string of the molecule is O=P(O)(CC1COc2ccccc2OCCCOc2ccccc2OC1)c1ccccc1. The Morgan fingerprint density at radius 3 is 1.62 bits per heavy atom. The van der Waals surface area contributed by atoms with Crippen molar-refractivity contribution in [3.05, 3.63) is 78.9 Å². The van der Waals surface area contributed by atoms with Crippen LogP contribution in [-0.4, -0.2) is 37.5 Å². The lowest BCUT2D eigenvalue weighted by atomic mass is 10.2. The van der Waals surface area contributed by atoms with Crippen LogP contribution in [0.1, 0.15) is 6.42 Å². The van der Waals surface area contributed by atoms with Gasteiger partial charge in [0.2, 0.25) is 7.37 Å². The number of hydrogen-bond donors (Lipinski definition) is 1. The van der Waals surface area contributed by atoms with E-state index in [0.29, 0.717) is 47.9 Å². The Kier molecular flexibility index (Phi) is 7.35. The minimum atomic E-state index is -3.60. The van der Waals surface area contributed by atoms with Gasteiger partial charge in [0.25, 0.3) is 0 Å². The molecule has 1 heterocycles. The van der Waals surface area contributed by atoms with E-state index < -0.39 is 7.37 Å².